The third kappa shape index (κ3) is 2.38. The number of aryl methyl sites for hydroxylation is 2. The van der Waals surface area contributed by atoms with E-state index < -0.39 is 0 Å². The van der Waals surface area contributed by atoms with Crippen LogP contribution in [0.15, 0.2) is 18.2 Å². The fourth-order valence-corrected chi connectivity index (χ4v) is 1.94. The van der Waals surface area contributed by atoms with E-state index in [2.05, 4.69) is 9.97 Å². The molecule has 0 N–H and O–H groups in total. The average molecular weight is 265 g/mol. The van der Waals surface area contributed by atoms with Gasteiger partial charge in [-0.25, -0.2) is 14.4 Å². The number of hydrogen-bond donors (Lipinski definition) is 0. The molecular weight excluding hydrogens is 255 g/mol. The molecule has 92 valence electrons. The molecule has 0 saturated heterocycles. The van der Waals surface area contributed by atoms with Crippen LogP contribution in [0, 0.1) is 19.7 Å². The van der Waals surface area contributed by atoms with Gasteiger partial charge in [0.1, 0.15) is 5.82 Å². The summed E-state index contributed by atoms with van der Waals surface area (Å²) in [6.45, 7) is 3.36. The number of hydrogen-bond acceptors (Lipinski definition) is 3. The van der Waals surface area contributed by atoms with Crippen molar-refractivity contribution in [3.8, 4) is 11.3 Å². The topological polar surface area (TPSA) is 42.9 Å². The molecule has 0 fully saturated rings. The number of halogens is 2. The van der Waals surface area contributed by atoms with Gasteiger partial charge >= 0.3 is 0 Å². The van der Waals surface area contributed by atoms with Crippen LogP contribution in [0.25, 0.3) is 11.3 Å². The van der Waals surface area contributed by atoms with Crippen molar-refractivity contribution in [1.82, 2.24) is 9.97 Å². The fourth-order valence-electron chi connectivity index (χ4n) is 1.62. The van der Waals surface area contributed by atoms with E-state index in [-0.39, 0.29) is 11.6 Å². The van der Waals surface area contributed by atoms with Crippen LogP contribution >= 0.6 is 11.6 Å². The lowest BCUT2D eigenvalue weighted by Crippen LogP contribution is -1.98. The molecule has 0 spiro atoms. The highest BCUT2D eigenvalue weighted by molar-refractivity contribution is 6.33. The monoisotopic (exact) mass is 264 g/mol. The second-order valence-electron chi connectivity index (χ2n) is 3.95. The Morgan fingerprint density at radius 2 is 1.94 bits per heavy atom. The molecule has 1 aromatic carbocycles. The van der Waals surface area contributed by atoms with Crippen molar-refractivity contribution in [3.05, 3.63) is 46.1 Å². The summed E-state index contributed by atoms with van der Waals surface area (Å²) in [5, 5.41) is 0.392. The maximum Gasteiger partial charge on any atom is 0.193 e. The molecule has 1 aromatic heterocycles. The summed E-state index contributed by atoms with van der Waals surface area (Å²) >= 11 is 6.07. The summed E-state index contributed by atoms with van der Waals surface area (Å²) in [6, 6.07) is 4.50. The average Bonchev–Trinajstić information content (AvgIpc) is 2.33. The minimum atomic E-state index is -0.363. The van der Waals surface area contributed by atoms with Crippen LogP contribution in [0.2, 0.25) is 5.02 Å². The molecule has 0 bridgehead atoms. The van der Waals surface area contributed by atoms with Crippen LogP contribution in [0.3, 0.4) is 0 Å². The second kappa shape index (κ2) is 4.82. The smallest absolute Gasteiger partial charge is 0.193 e. The van der Waals surface area contributed by atoms with E-state index in [1.165, 1.54) is 12.1 Å². The van der Waals surface area contributed by atoms with Crippen molar-refractivity contribution < 1.29 is 9.18 Å². The van der Waals surface area contributed by atoms with Crippen LogP contribution in [0.5, 0.6) is 0 Å². The Kier molecular flexibility index (Phi) is 3.39. The van der Waals surface area contributed by atoms with E-state index in [0.717, 1.165) is 0 Å². The molecule has 0 aliphatic rings. The van der Waals surface area contributed by atoms with Crippen LogP contribution in [-0.2, 0) is 0 Å². The zero-order valence-electron chi connectivity index (χ0n) is 9.87. The maximum absolute atomic E-state index is 13.6. The summed E-state index contributed by atoms with van der Waals surface area (Å²) in [4.78, 5) is 18.7. The first-order chi connectivity index (χ1) is 8.51. The lowest BCUT2D eigenvalue weighted by atomic mass is 10.1. The van der Waals surface area contributed by atoms with Crippen molar-refractivity contribution in [2.45, 2.75) is 13.8 Å². The molecule has 0 amide bonds. The molecule has 5 heteroatoms. The molecule has 0 aliphatic carbocycles. The van der Waals surface area contributed by atoms with E-state index in [1.54, 1.807) is 19.9 Å². The second-order valence-corrected chi connectivity index (χ2v) is 4.36. The Labute approximate surface area is 109 Å². The molecule has 0 saturated carbocycles. The Bertz CT molecular complexity index is 629. The number of benzene rings is 1. The van der Waals surface area contributed by atoms with Gasteiger partial charge in [0.25, 0.3) is 0 Å². The van der Waals surface area contributed by atoms with Gasteiger partial charge in [-0.2, -0.15) is 0 Å². The maximum atomic E-state index is 13.6. The number of aldehydes is 1. The number of carbonyl (C=O) groups is 1. The lowest BCUT2D eigenvalue weighted by Gasteiger charge is -2.07. The van der Waals surface area contributed by atoms with Crippen molar-refractivity contribution >= 4 is 17.9 Å². The number of carbonyl (C=O) groups excluding carboxylic acids is 1. The van der Waals surface area contributed by atoms with Crippen molar-refractivity contribution in [1.29, 1.82) is 0 Å². The SMILES string of the molecule is Cc1cc(-c2cc(F)c(C)cc2Cl)nc(C=O)n1. The number of aromatic nitrogens is 2. The summed E-state index contributed by atoms with van der Waals surface area (Å²) in [7, 11) is 0. The van der Waals surface area contributed by atoms with Crippen molar-refractivity contribution in [3.63, 3.8) is 0 Å². The van der Waals surface area contributed by atoms with Gasteiger partial charge in [0.05, 0.1) is 10.7 Å². The van der Waals surface area contributed by atoms with Gasteiger partial charge in [-0.3, -0.25) is 4.79 Å². The number of nitrogens with zero attached hydrogens (tertiary/aromatic N) is 2. The fraction of sp³-hybridized carbons (Fsp3) is 0.154. The molecule has 2 rings (SSSR count). The Morgan fingerprint density at radius 1 is 1.22 bits per heavy atom. The van der Waals surface area contributed by atoms with Crippen LogP contribution < -0.4 is 0 Å². The zero-order chi connectivity index (χ0) is 13.3. The van der Waals surface area contributed by atoms with Crippen LogP contribution in [0.4, 0.5) is 4.39 Å². The van der Waals surface area contributed by atoms with Gasteiger partial charge in [0.15, 0.2) is 12.1 Å². The van der Waals surface area contributed by atoms with Gasteiger partial charge in [-0.1, -0.05) is 11.6 Å². The van der Waals surface area contributed by atoms with E-state index in [0.29, 0.717) is 33.8 Å². The Morgan fingerprint density at radius 3 is 2.61 bits per heavy atom. The van der Waals surface area contributed by atoms with E-state index in [1.807, 2.05) is 0 Å². The third-order valence-electron chi connectivity index (χ3n) is 2.50. The first kappa shape index (κ1) is 12.6. The molecule has 0 unspecified atom stereocenters. The van der Waals surface area contributed by atoms with E-state index in [9.17, 15) is 9.18 Å². The normalized spacial score (nSPS) is 10.4. The lowest BCUT2D eigenvalue weighted by molar-refractivity contribution is 0.111. The van der Waals surface area contributed by atoms with Gasteiger partial charge in [-0.15, -0.1) is 0 Å². The van der Waals surface area contributed by atoms with Crippen molar-refractivity contribution in [2.75, 3.05) is 0 Å². The largest absolute Gasteiger partial charge is 0.294 e. The summed E-state index contributed by atoms with van der Waals surface area (Å²) in [5.74, 6) is -0.305. The molecule has 0 atom stereocenters. The minimum absolute atomic E-state index is 0.0575. The molecule has 0 aliphatic heterocycles. The molecule has 2 aromatic rings. The van der Waals surface area contributed by atoms with E-state index >= 15 is 0 Å². The van der Waals surface area contributed by atoms with Gasteiger partial charge in [0, 0.05) is 11.3 Å². The van der Waals surface area contributed by atoms with Crippen molar-refractivity contribution in [2.24, 2.45) is 0 Å². The van der Waals surface area contributed by atoms with Gasteiger partial charge in [-0.05, 0) is 37.6 Å². The molecular formula is C13H10ClFN2O. The predicted molar refractivity (Wildman–Crippen MR) is 67.3 cm³/mol. The highest BCUT2D eigenvalue weighted by Gasteiger charge is 2.11. The minimum Gasteiger partial charge on any atom is -0.294 e. The highest BCUT2D eigenvalue weighted by Crippen LogP contribution is 2.29. The van der Waals surface area contributed by atoms with Gasteiger partial charge < -0.3 is 0 Å². The Balaban J connectivity index is 2.65. The van der Waals surface area contributed by atoms with Crippen LogP contribution in [-0.4, -0.2) is 16.3 Å². The molecule has 1 heterocycles. The first-order valence-electron chi connectivity index (χ1n) is 5.28. The summed E-state index contributed by atoms with van der Waals surface area (Å²) in [5.41, 5.74) is 1.98. The number of rotatable bonds is 2. The van der Waals surface area contributed by atoms with Crippen LogP contribution in [0.1, 0.15) is 21.9 Å². The highest BCUT2D eigenvalue weighted by atomic mass is 35.5. The standard InChI is InChI=1S/C13H10ClFN2O/c1-7-3-10(14)9(5-11(7)15)12-4-8(2)16-13(6-18)17-12/h3-6H,1-2H3. The van der Waals surface area contributed by atoms with Gasteiger partial charge in [0.2, 0.25) is 0 Å². The molecule has 3 nitrogen and oxygen atoms in total. The van der Waals surface area contributed by atoms with E-state index in [4.69, 9.17) is 11.6 Å². The first-order valence-corrected chi connectivity index (χ1v) is 5.66. The quantitative estimate of drug-likeness (QED) is 0.781. The summed E-state index contributed by atoms with van der Waals surface area (Å²) < 4.78 is 13.6. The summed E-state index contributed by atoms with van der Waals surface area (Å²) in [6.07, 6.45) is 0.551. The zero-order valence-corrected chi connectivity index (χ0v) is 10.6. The third-order valence-corrected chi connectivity index (χ3v) is 2.81. The Hall–Kier alpha value is -1.81. The predicted octanol–water partition coefficient (Wildman–Crippen LogP) is 3.37. The molecule has 18 heavy (non-hydrogen) atoms. The molecule has 0 radical (unpaired) electrons.